The van der Waals surface area contributed by atoms with Gasteiger partial charge in [0.2, 0.25) is 0 Å². The minimum Gasteiger partial charge on any atom is -0.477 e. The van der Waals surface area contributed by atoms with Crippen molar-refractivity contribution in [2.45, 2.75) is 19.8 Å². The van der Waals surface area contributed by atoms with Gasteiger partial charge in [-0.3, -0.25) is 4.79 Å². The lowest BCUT2D eigenvalue weighted by Gasteiger charge is -2.07. The Hall–Kier alpha value is -2.10. The number of aromatic carboxylic acids is 1. The predicted octanol–water partition coefficient (Wildman–Crippen LogP) is 2.35. The molecule has 1 aromatic carbocycles. The second-order valence-electron chi connectivity index (χ2n) is 4.32. The molecule has 2 N–H and O–H groups in total. The van der Waals surface area contributed by atoms with Crippen LogP contribution in [-0.2, 0) is 0 Å². The fourth-order valence-corrected chi connectivity index (χ4v) is 1.74. The number of fused-ring (bicyclic) bond motifs is 1. The maximum absolute atomic E-state index is 11.5. The number of nitrogens with one attached hydrogen (secondary N) is 1. The van der Waals surface area contributed by atoms with Gasteiger partial charge in [0.05, 0.1) is 0 Å². The number of hydrogen-bond acceptors (Lipinski definition) is 2. The van der Waals surface area contributed by atoms with Crippen molar-refractivity contribution >= 4 is 16.9 Å². The third kappa shape index (κ3) is 2.06. The molecule has 0 unspecified atom stereocenters. The number of benzene rings is 1. The van der Waals surface area contributed by atoms with E-state index in [0.29, 0.717) is 11.4 Å². The zero-order valence-electron chi connectivity index (χ0n) is 9.65. The van der Waals surface area contributed by atoms with E-state index in [-0.39, 0.29) is 5.56 Å². The topological polar surface area (TPSA) is 70.2 Å². The monoisotopic (exact) mass is 231 g/mol. The summed E-state index contributed by atoms with van der Waals surface area (Å²) >= 11 is 0. The van der Waals surface area contributed by atoms with E-state index in [1.807, 2.05) is 18.2 Å². The van der Waals surface area contributed by atoms with E-state index < -0.39 is 11.5 Å². The summed E-state index contributed by atoms with van der Waals surface area (Å²) in [5, 5.41) is 9.58. The van der Waals surface area contributed by atoms with Gasteiger partial charge in [0.25, 0.3) is 5.56 Å². The largest absolute Gasteiger partial charge is 0.477 e. The Morgan fingerprint density at radius 1 is 1.29 bits per heavy atom. The predicted molar refractivity (Wildman–Crippen MR) is 65.6 cm³/mol. The highest BCUT2D eigenvalue weighted by Crippen LogP contribution is 2.19. The van der Waals surface area contributed by atoms with Crippen LogP contribution in [0.15, 0.2) is 29.1 Å². The van der Waals surface area contributed by atoms with Crippen LogP contribution in [0.1, 0.15) is 35.7 Å². The Kier molecular flexibility index (Phi) is 2.71. The lowest BCUT2D eigenvalue weighted by molar-refractivity contribution is 0.0695. The van der Waals surface area contributed by atoms with E-state index in [4.69, 9.17) is 5.11 Å². The van der Waals surface area contributed by atoms with Crippen molar-refractivity contribution in [3.05, 3.63) is 45.7 Å². The summed E-state index contributed by atoms with van der Waals surface area (Å²) < 4.78 is 0. The van der Waals surface area contributed by atoms with Crippen LogP contribution in [0.25, 0.3) is 10.9 Å². The number of carboxylic acids is 1. The summed E-state index contributed by atoms with van der Waals surface area (Å²) in [7, 11) is 0. The minimum absolute atomic E-state index is 0.227. The number of hydrogen-bond donors (Lipinski definition) is 2. The van der Waals surface area contributed by atoms with E-state index in [1.54, 1.807) is 0 Å². The third-order valence-corrected chi connectivity index (χ3v) is 2.77. The van der Waals surface area contributed by atoms with Gasteiger partial charge in [0.15, 0.2) is 0 Å². The number of pyridine rings is 1. The first-order valence-corrected chi connectivity index (χ1v) is 5.39. The second-order valence-corrected chi connectivity index (χ2v) is 4.32. The summed E-state index contributed by atoms with van der Waals surface area (Å²) in [5.41, 5.74) is 0.989. The first kappa shape index (κ1) is 11.4. The molecule has 4 nitrogen and oxygen atoms in total. The van der Waals surface area contributed by atoms with Crippen molar-refractivity contribution in [2.75, 3.05) is 0 Å². The Bertz CT molecular complexity index is 641. The van der Waals surface area contributed by atoms with Crippen LogP contribution in [0.2, 0.25) is 0 Å². The van der Waals surface area contributed by atoms with Crippen molar-refractivity contribution < 1.29 is 9.90 Å². The van der Waals surface area contributed by atoms with Gasteiger partial charge in [-0.05, 0) is 29.0 Å². The standard InChI is InChI=1S/C13H13NO3/c1-7(2)8-3-4-9-5-10(13(16)17)12(15)14-11(9)6-8/h3-7H,1-2H3,(H,14,15)(H,16,17). The minimum atomic E-state index is -1.21. The van der Waals surface area contributed by atoms with Gasteiger partial charge < -0.3 is 10.1 Å². The summed E-state index contributed by atoms with van der Waals surface area (Å²) in [4.78, 5) is 24.9. The van der Waals surface area contributed by atoms with Crippen molar-refractivity contribution in [3.63, 3.8) is 0 Å². The van der Waals surface area contributed by atoms with Gasteiger partial charge in [0.1, 0.15) is 5.56 Å². The van der Waals surface area contributed by atoms with Crippen LogP contribution >= 0.6 is 0 Å². The molecule has 88 valence electrons. The third-order valence-electron chi connectivity index (χ3n) is 2.77. The summed E-state index contributed by atoms with van der Waals surface area (Å²) in [6, 6.07) is 7.05. The van der Waals surface area contributed by atoms with Crippen LogP contribution < -0.4 is 5.56 Å². The molecule has 0 atom stereocenters. The molecule has 0 aliphatic heterocycles. The van der Waals surface area contributed by atoms with Crippen molar-refractivity contribution in [1.82, 2.24) is 4.98 Å². The molecule has 0 radical (unpaired) electrons. The Balaban J connectivity index is 2.70. The van der Waals surface area contributed by atoms with Crippen LogP contribution in [0.5, 0.6) is 0 Å². The number of aromatic nitrogens is 1. The number of H-pyrrole nitrogens is 1. The van der Waals surface area contributed by atoms with Crippen molar-refractivity contribution in [1.29, 1.82) is 0 Å². The highest BCUT2D eigenvalue weighted by atomic mass is 16.4. The smallest absolute Gasteiger partial charge is 0.341 e. The molecule has 2 aromatic rings. The SMILES string of the molecule is CC(C)c1ccc2cc(C(=O)O)c(=O)[nH]c2c1. The van der Waals surface area contributed by atoms with Crippen LogP contribution in [0.4, 0.5) is 0 Å². The molecule has 1 aromatic heterocycles. The van der Waals surface area contributed by atoms with Gasteiger partial charge >= 0.3 is 5.97 Å². The quantitative estimate of drug-likeness (QED) is 0.833. The first-order valence-electron chi connectivity index (χ1n) is 5.39. The molecule has 0 fully saturated rings. The molecule has 1 heterocycles. The summed E-state index contributed by atoms with van der Waals surface area (Å²) in [5.74, 6) is -0.844. The molecule has 2 rings (SSSR count). The van der Waals surface area contributed by atoms with E-state index in [1.165, 1.54) is 6.07 Å². The Labute approximate surface area is 97.9 Å². The molecule has 0 bridgehead atoms. The lowest BCUT2D eigenvalue weighted by Crippen LogP contribution is -2.17. The maximum Gasteiger partial charge on any atom is 0.341 e. The van der Waals surface area contributed by atoms with Gasteiger partial charge in [-0.2, -0.15) is 0 Å². The normalized spacial score (nSPS) is 11.0. The molecular formula is C13H13NO3. The zero-order chi connectivity index (χ0) is 12.6. The summed E-state index contributed by atoms with van der Waals surface area (Å²) in [6.07, 6.45) is 0. The maximum atomic E-state index is 11.5. The Morgan fingerprint density at radius 3 is 2.59 bits per heavy atom. The fraction of sp³-hybridized carbons (Fsp3) is 0.231. The van der Waals surface area contributed by atoms with Crippen molar-refractivity contribution in [3.8, 4) is 0 Å². The van der Waals surface area contributed by atoms with E-state index in [2.05, 4.69) is 18.8 Å². The number of carbonyl (C=O) groups is 1. The molecular weight excluding hydrogens is 218 g/mol. The summed E-state index contributed by atoms with van der Waals surface area (Å²) in [6.45, 7) is 4.12. The molecule has 0 saturated heterocycles. The fourth-order valence-electron chi connectivity index (χ4n) is 1.74. The number of rotatable bonds is 2. The molecule has 0 amide bonds. The van der Waals surface area contributed by atoms with E-state index in [9.17, 15) is 9.59 Å². The molecule has 0 aliphatic rings. The average Bonchev–Trinajstić information content (AvgIpc) is 2.26. The zero-order valence-corrected chi connectivity index (χ0v) is 9.65. The van der Waals surface area contributed by atoms with Gasteiger partial charge in [-0.25, -0.2) is 4.79 Å². The van der Waals surface area contributed by atoms with Crippen LogP contribution in [0.3, 0.4) is 0 Å². The molecule has 4 heteroatoms. The first-order chi connectivity index (χ1) is 7.99. The highest BCUT2D eigenvalue weighted by molar-refractivity contribution is 5.92. The van der Waals surface area contributed by atoms with Crippen LogP contribution in [-0.4, -0.2) is 16.1 Å². The lowest BCUT2D eigenvalue weighted by atomic mass is 10.0. The van der Waals surface area contributed by atoms with Gasteiger partial charge in [-0.15, -0.1) is 0 Å². The van der Waals surface area contributed by atoms with Crippen LogP contribution in [0, 0.1) is 0 Å². The Morgan fingerprint density at radius 2 is 2.00 bits per heavy atom. The van der Waals surface area contributed by atoms with Gasteiger partial charge in [0, 0.05) is 5.52 Å². The van der Waals surface area contributed by atoms with E-state index in [0.717, 1.165) is 10.9 Å². The molecule has 0 spiro atoms. The van der Waals surface area contributed by atoms with Crippen molar-refractivity contribution in [2.24, 2.45) is 0 Å². The number of aromatic amines is 1. The average molecular weight is 231 g/mol. The number of carboxylic acid groups (broad SMARTS) is 1. The van der Waals surface area contributed by atoms with E-state index >= 15 is 0 Å². The molecule has 0 saturated carbocycles. The molecule has 0 aliphatic carbocycles. The highest BCUT2D eigenvalue weighted by Gasteiger charge is 2.10. The van der Waals surface area contributed by atoms with Gasteiger partial charge in [-0.1, -0.05) is 26.0 Å². The molecule has 17 heavy (non-hydrogen) atoms. The second kappa shape index (κ2) is 4.05.